The van der Waals surface area contributed by atoms with Gasteiger partial charge in [0.25, 0.3) is 5.56 Å². The van der Waals surface area contributed by atoms with E-state index in [1.54, 1.807) is 0 Å². The quantitative estimate of drug-likeness (QED) is 0.346. The number of hydrogen-bond donors (Lipinski definition) is 2. The average molecular weight is 464 g/mol. The minimum atomic E-state index is -0.729. The number of carbonyl (C=O) groups is 2. The lowest BCUT2D eigenvalue weighted by molar-refractivity contribution is -0.146. The Balaban J connectivity index is 2.37. The van der Waals surface area contributed by atoms with Gasteiger partial charge in [0, 0.05) is 25.9 Å². The highest BCUT2D eigenvalue weighted by Gasteiger charge is 2.25. The van der Waals surface area contributed by atoms with Crippen molar-refractivity contribution in [3.8, 4) is 0 Å². The van der Waals surface area contributed by atoms with Crippen molar-refractivity contribution in [3.63, 3.8) is 0 Å². The molecule has 1 atom stereocenters. The number of rotatable bonds is 13. The van der Waals surface area contributed by atoms with Crippen LogP contribution in [0.1, 0.15) is 72.0 Å². The first kappa shape index (κ1) is 26.3. The van der Waals surface area contributed by atoms with Crippen LogP contribution in [0.4, 0.5) is 0 Å². The highest BCUT2D eigenvalue weighted by Crippen LogP contribution is 2.16. The standard InChI is InChI=1S/C23H37N5O5/c1-6-8-10-14-27-16(11-12-17(29)25-18(15(3)4)22(31)33-5)24-20-19(27)21(30)26-23(32)28(20)13-9-7-2/h15,18H,6-14H2,1-5H3,(H,25,29)(H,26,30,32)/t18-/m0/s1. The summed E-state index contributed by atoms with van der Waals surface area (Å²) >= 11 is 0. The number of nitrogens with one attached hydrogen (secondary N) is 2. The highest BCUT2D eigenvalue weighted by atomic mass is 16.5. The number of H-pyrrole nitrogens is 1. The first-order valence-corrected chi connectivity index (χ1v) is 11.8. The topological polar surface area (TPSA) is 128 Å². The second-order valence-corrected chi connectivity index (χ2v) is 8.64. The second-order valence-electron chi connectivity index (χ2n) is 8.64. The normalized spacial score (nSPS) is 12.3. The smallest absolute Gasteiger partial charge is 0.330 e. The van der Waals surface area contributed by atoms with Gasteiger partial charge in [-0.3, -0.25) is 19.1 Å². The number of nitrogens with zero attached hydrogens (tertiary/aromatic N) is 3. The van der Waals surface area contributed by atoms with E-state index in [2.05, 4.69) is 22.2 Å². The van der Waals surface area contributed by atoms with Gasteiger partial charge in [-0.1, -0.05) is 47.0 Å². The van der Waals surface area contributed by atoms with Crippen LogP contribution in [-0.2, 0) is 33.8 Å². The zero-order valence-corrected chi connectivity index (χ0v) is 20.4. The maximum atomic E-state index is 12.7. The number of amides is 1. The molecule has 0 saturated heterocycles. The van der Waals surface area contributed by atoms with E-state index in [4.69, 9.17) is 4.74 Å². The van der Waals surface area contributed by atoms with Crippen LogP contribution in [0.25, 0.3) is 11.2 Å². The molecule has 0 aliphatic rings. The number of unbranched alkanes of at least 4 members (excludes halogenated alkanes) is 3. The molecule has 0 radical (unpaired) electrons. The molecule has 33 heavy (non-hydrogen) atoms. The molecule has 0 aliphatic carbocycles. The molecule has 2 rings (SSSR count). The Bertz CT molecular complexity index is 1070. The van der Waals surface area contributed by atoms with Crippen LogP contribution in [0, 0.1) is 5.92 Å². The maximum Gasteiger partial charge on any atom is 0.330 e. The van der Waals surface area contributed by atoms with Crippen LogP contribution < -0.4 is 16.6 Å². The van der Waals surface area contributed by atoms with Crippen molar-refractivity contribution in [2.45, 2.75) is 91.8 Å². The van der Waals surface area contributed by atoms with Gasteiger partial charge < -0.3 is 14.6 Å². The molecule has 0 aliphatic heterocycles. The van der Waals surface area contributed by atoms with E-state index in [9.17, 15) is 19.2 Å². The maximum absolute atomic E-state index is 12.7. The van der Waals surface area contributed by atoms with Gasteiger partial charge in [0.2, 0.25) is 5.91 Å². The molecule has 10 heteroatoms. The van der Waals surface area contributed by atoms with E-state index in [1.807, 2.05) is 25.3 Å². The van der Waals surface area contributed by atoms with Gasteiger partial charge in [0.15, 0.2) is 11.2 Å². The highest BCUT2D eigenvalue weighted by molar-refractivity contribution is 5.84. The Morgan fingerprint density at radius 1 is 1.06 bits per heavy atom. The molecular formula is C23H37N5O5. The fourth-order valence-electron chi connectivity index (χ4n) is 3.79. The molecule has 1 amide bonds. The molecule has 0 bridgehead atoms. The monoisotopic (exact) mass is 463 g/mol. The third-order valence-electron chi connectivity index (χ3n) is 5.70. The Kier molecular flexibility index (Phi) is 9.87. The molecule has 0 saturated carbocycles. The molecule has 2 N–H and O–H groups in total. The van der Waals surface area contributed by atoms with Crippen molar-refractivity contribution in [3.05, 3.63) is 26.7 Å². The number of methoxy groups -OCH3 is 1. The number of imidazole rings is 1. The van der Waals surface area contributed by atoms with E-state index >= 15 is 0 Å². The Labute approximate surface area is 193 Å². The zero-order chi connectivity index (χ0) is 24.5. The van der Waals surface area contributed by atoms with Gasteiger partial charge in [0.05, 0.1) is 7.11 Å². The summed E-state index contributed by atoms with van der Waals surface area (Å²) in [6.45, 7) is 8.82. The second kappa shape index (κ2) is 12.4. The van der Waals surface area contributed by atoms with Crippen molar-refractivity contribution in [2.75, 3.05) is 7.11 Å². The summed E-state index contributed by atoms with van der Waals surface area (Å²) in [5.74, 6) is -0.330. The predicted octanol–water partition coefficient (Wildman–Crippen LogP) is 2.12. The first-order valence-electron chi connectivity index (χ1n) is 11.8. The van der Waals surface area contributed by atoms with Crippen LogP contribution in [0.2, 0.25) is 0 Å². The molecule has 2 aromatic heterocycles. The van der Waals surface area contributed by atoms with E-state index in [-0.39, 0.29) is 24.7 Å². The minimum Gasteiger partial charge on any atom is -0.467 e. The summed E-state index contributed by atoms with van der Waals surface area (Å²) in [6.07, 6.45) is 4.91. The lowest BCUT2D eigenvalue weighted by atomic mass is 10.0. The summed E-state index contributed by atoms with van der Waals surface area (Å²) in [4.78, 5) is 56.7. The number of aromatic nitrogens is 4. The lowest BCUT2D eigenvalue weighted by Crippen LogP contribution is -2.45. The molecule has 2 aromatic rings. The van der Waals surface area contributed by atoms with E-state index in [0.717, 1.165) is 32.1 Å². The van der Waals surface area contributed by atoms with Crippen molar-refractivity contribution < 1.29 is 14.3 Å². The summed E-state index contributed by atoms with van der Waals surface area (Å²) in [7, 11) is 1.29. The molecule has 0 spiro atoms. The first-order chi connectivity index (χ1) is 15.7. The number of aromatic amines is 1. The van der Waals surface area contributed by atoms with Crippen molar-refractivity contribution in [2.24, 2.45) is 5.92 Å². The van der Waals surface area contributed by atoms with Crippen LogP contribution in [0.3, 0.4) is 0 Å². The lowest BCUT2D eigenvalue weighted by Gasteiger charge is -2.19. The third kappa shape index (κ3) is 6.55. The Hall–Kier alpha value is -2.91. The molecule has 184 valence electrons. The van der Waals surface area contributed by atoms with E-state index in [1.165, 1.54) is 11.7 Å². The van der Waals surface area contributed by atoms with Crippen molar-refractivity contribution in [1.82, 2.24) is 24.4 Å². The largest absolute Gasteiger partial charge is 0.467 e. The number of fused-ring (bicyclic) bond motifs is 1. The molecule has 0 unspecified atom stereocenters. The molecule has 0 aromatic carbocycles. The summed E-state index contributed by atoms with van der Waals surface area (Å²) < 4.78 is 8.12. The minimum absolute atomic E-state index is 0.0917. The van der Waals surface area contributed by atoms with Gasteiger partial charge in [-0.15, -0.1) is 0 Å². The number of aryl methyl sites for hydroxylation is 3. The SMILES string of the molecule is CCCCCn1c(CCC(=O)N[C@H](C(=O)OC)C(C)C)nc2c1c(=O)[nH]c(=O)n2CCCC. The van der Waals surface area contributed by atoms with Gasteiger partial charge in [0.1, 0.15) is 11.9 Å². The van der Waals surface area contributed by atoms with Gasteiger partial charge in [-0.2, -0.15) is 0 Å². The third-order valence-corrected chi connectivity index (χ3v) is 5.70. The van der Waals surface area contributed by atoms with Gasteiger partial charge >= 0.3 is 11.7 Å². The molecule has 2 heterocycles. The van der Waals surface area contributed by atoms with Crippen LogP contribution >= 0.6 is 0 Å². The summed E-state index contributed by atoms with van der Waals surface area (Å²) in [5, 5.41) is 2.73. The Morgan fingerprint density at radius 2 is 1.73 bits per heavy atom. The fourth-order valence-corrected chi connectivity index (χ4v) is 3.79. The predicted molar refractivity (Wildman–Crippen MR) is 126 cm³/mol. The number of ether oxygens (including phenoxy) is 1. The van der Waals surface area contributed by atoms with Gasteiger partial charge in [-0.05, 0) is 18.8 Å². The Morgan fingerprint density at radius 3 is 2.33 bits per heavy atom. The summed E-state index contributed by atoms with van der Waals surface area (Å²) in [6, 6.07) is -0.729. The molecule has 10 nitrogen and oxygen atoms in total. The molecule has 0 fully saturated rings. The van der Waals surface area contributed by atoms with Crippen LogP contribution in [0.15, 0.2) is 9.59 Å². The van der Waals surface area contributed by atoms with Gasteiger partial charge in [-0.25, -0.2) is 14.6 Å². The van der Waals surface area contributed by atoms with Crippen molar-refractivity contribution >= 4 is 23.0 Å². The summed E-state index contributed by atoms with van der Waals surface area (Å²) in [5.41, 5.74) is -0.208. The van der Waals surface area contributed by atoms with Crippen molar-refractivity contribution in [1.29, 1.82) is 0 Å². The van der Waals surface area contributed by atoms with Crippen LogP contribution in [0.5, 0.6) is 0 Å². The number of carbonyl (C=O) groups excluding carboxylic acids is 2. The number of hydrogen-bond acceptors (Lipinski definition) is 6. The average Bonchev–Trinajstić information content (AvgIpc) is 3.14. The van der Waals surface area contributed by atoms with Crippen LogP contribution in [-0.4, -0.2) is 44.1 Å². The molecular weight excluding hydrogens is 426 g/mol. The number of esters is 1. The zero-order valence-electron chi connectivity index (χ0n) is 20.4. The fraction of sp³-hybridized carbons (Fsp3) is 0.696. The van der Waals surface area contributed by atoms with E-state index in [0.29, 0.717) is 30.1 Å². The van der Waals surface area contributed by atoms with E-state index < -0.39 is 23.3 Å².